The quantitative estimate of drug-likeness (QED) is 0.441. The summed E-state index contributed by atoms with van der Waals surface area (Å²) in [4.78, 5) is 21.2. The smallest absolute Gasteiger partial charge is 0.352 e. The molecule has 0 aromatic heterocycles. The number of esters is 2. The third-order valence-electron chi connectivity index (χ3n) is 0.628. The predicted octanol–water partition coefficient (Wildman–Crippen LogP) is 1.87. The molecule has 0 atom stereocenters. The molecule has 0 bridgehead atoms. The molecule has 0 aliphatic rings. The highest BCUT2D eigenvalue weighted by atomic mass is 79.9. The molecule has 0 saturated heterocycles. The zero-order chi connectivity index (χ0) is 9.02. The van der Waals surface area contributed by atoms with Gasteiger partial charge in [0.05, 0.1) is 8.96 Å². The Kier molecular flexibility index (Phi) is 4.29. The second kappa shape index (κ2) is 4.46. The normalized spacial score (nSPS) is 8.55. The zero-order valence-electron chi connectivity index (χ0n) is 5.39. The maximum Gasteiger partial charge on any atom is 0.352 e. The highest BCUT2D eigenvalue weighted by Gasteiger charge is 2.12. The van der Waals surface area contributed by atoms with Gasteiger partial charge in [0.1, 0.15) is 0 Å². The monoisotopic (exact) mass is 282 g/mol. The summed E-state index contributed by atoms with van der Waals surface area (Å²) in [5, 5.41) is 0. The van der Waals surface area contributed by atoms with E-state index in [1.165, 1.54) is 0 Å². The standard InChI is InChI=1S/C6H4Br2O3/c1-3(7)5(9)11-6(10)4(2)8/h1-2H2. The van der Waals surface area contributed by atoms with Crippen LogP contribution in [0.15, 0.2) is 22.1 Å². The minimum absolute atomic E-state index is 0.0143. The SMILES string of the molecule is C=C(Br)C(=O)OC(=O)C(=C)Br. The number of carbonyl (C=O) groups is 2. The van der Waals surface area contributed by atoms with Crippen molar-refractivity contribution in [3.8, 4) is 0 Å². The van der Waals surface area contributed by atoms with Crippen molar-refractivity contribution in [2.75, 3.05) is 0 Å². The van der Waals surface area contributed by atoms with Gasteiger partial charge in [-0.05, 0) is 31.9 Å². The first-order chi connectivity index (χ1) is 4.95. The lowest BCUT2D eigenvalue weighted by Gasteiger charge is -1.97. The van der Waals surface area contributed by atoms with Crippen LogP contribution < -0.4 is 0 Å². The summed E-state index contributed by atoms with van der Waals surface area (Å²) in [6, 6.07) is 0. The molecule has 0 amide bonds. The van der Waals surface area contributed by atoms with Gasteiger partial charge in [-0.1, -0.05) is 13.2 Å². The summed E-state index contributed by atoms with van der Waals surface area (Å²) in [5.41, 5.74) is 0. The van der Waals surface area contributed by atoms with Crippen molar-refractivity contribution in [3.05, 3.63) is 22.1 Å². The van der Waals surface area contributed by atoms with E-state index in [2.05, 4.69) is 49.8 Å². The van der Waals surface area contributed by atoms with Crippen LogP contribution in [0.1, 0.15) is 0 Å². The Morgan fingerprint density at radius 3 is 1.45 bits per heavy atom. The molecular weight excluding hydrogens is 280 g/mol. The van der Waals surface area contributed by atoms with E-state index in [1.54, 1.807) is 0 Å². The molecule has 60 valence electrons. The fourth-order valence-corrected chi connectivity index (χ4v) is 0.357. The maximum atomic E-state index is 10.6. The molecule has 0 unspecified atom stereocenters. The second-order valence-corrected chi connectivity index (χ2v) is 3.40. The third-order valence-corrected chi connectivity index (χ3v) is 1.28. The first kappa shape index (κ1) is 10.6. The van der Waals surface area contributed by atoms with Crippen LogP contribution >= 0.6 is 31.9 Å². The van der Waals surface area contributed by atoms with Crippen LogP contribution in [0.4, 0.5) is 0 Å². The lowest BCUT2D eigenvalue weighted by Crippen LogP contribution is -2.10. The van der Waals surface area contributed by atoms with Gasteiger partial charge in [0.2, 0.25) is 0 Å². The number of hydrogen-bond donors (Lipinski definition) is 0. The number of halogens is 2. The number of ether oxygens (including phenoxy) is 1. The minimum atomic E-state index is -0.824. The van der Waals surface area contributed by atoms with Crippen LogP contribution in [0.5, 0.6) is 0 Å². The fraction of sp³-hybridized carbons (Fsp3) is 0. The molecule has 0 rings (SSSR count). The van der Waals surface area contributed by atoms with Crippen LogP contribution in [-0.4, -0.2) is 11.9 Å². The lowest BCUT2D eigenvalue weighted by atomic mass is 10.6. The highest BCUT2D eigenvalue weighted by molar-refractivity contribution is 9.12. The average Bonchev–Trinajstić information content (AvgIpc) is 1.87. The topological polar surface area (TPSA) is 43.4 Å². The average molecular weight is 284 g/mol. The molecule has 5 heteroatoms. The fourth-order valence-electron chi connectivity index (χ4n) is 0.195. The summed E-state index contributed by atoms with van der Waals surface area (Å²) in [7, 11) is 0. The molecule has 0 aromatic rings. The van der Waals surface area contributed by atoms with E-state index < -0.39 is 11.9 Å². The third kappa shape index (κ3) is 4.10. The maximum absolute atomic E-state index is 10.6. The summed E-state index contributed by atoms with van der Waals surface area (Å²) >= 11 is 5.50. The summed E-state index contributed by atoms with van der Waals surface area (Å²) in [5.74, 6) is -1.65. The highest BCUT2D eigenvalue weighted by Crippen LogP contribution is 2.08. The van der Waals surface area contributed by atoms with Crippen LogP contribution in [0.3, 0.4) is 0 Å². The van der Waals surface area contributed by atoms with E-state index in [-0.39, 0.29) is 8.96 Å². The summed E-state index contributed by atoms with van der Waals surface area (Å²) in [6.07, 6.45) is 0. The summed E-state index contributed by atoms with van der Waals surface area (Å²) < 4.78 is 4.17. The van der Waals surface area contributed by atoms with E-state index in [0.717, 1.165) is 0 Å². The van der Waals surface area contributed by atoms with Crippen molar-refractivity contribution in [1.82, 2.24) is 0 Å². The Morgan fingerprint density at radius 2 is 1.27 bits per heavy atom. The molecule has 0 saturated carbocycles. The van der Waals surface area contributed by atoms with Gasteiger partial charge < -0.3 is 4.74 Å². The Balaban J connectivity index is 4.07. The lowest BCUT2D eigenvalue weighted by molar-refractivity contribution is -0.152. The molecule has 0 heterocycles. The van der Waals surface area contributed by atoms with Gasteiger partial charge in [-0.15, -0.1) is 0 Å². The van der Waals surface area contributed by atoms with Crippen LogP contribution in [0.25, 0.3) is 0 Å². The molecule has 0 N–H and O–H groups in total. The molecule has 0 aliphatic heterocycles. The second-order valence-electron chi connectivity index (χ2n) is 1.49. The van der Waals surface area contributed by atoms with Crippen molar-refractivity contribution >= 4 is 43.8 Å². The molecule has 0 aromatic carbocycles. The molecule has 11 heavy (non-hydrogen) atoms. The van der Waals surface area contributed by atoms with Gasteiger partial charge in [-0.25, -0.2) is 9.59 Å². The van der Waals surface area contributed by atoms with Gasteiger partial charge in [0.25, 0.3) is 0 Å². The Morgan fingerprint density at radius 1 is 1.00 bits per heavy atom. The van der Waals surface area contributed by atoms with Gasteiger partial charge in [0, 0.05) is 0 Å². The molecular formula is C6H4Br2O3. The predicted molar refractivity (Wildman–Crippen MR) is 47.2 cm³/mol. The van der Waals surface area contributed by atoms with Crippen molar-refractivity contribution in [2.45, 2.75) is 0 Å². The van der Waals surface area contributed by atoms with E-state index in [4.69, 9.17) is 0 Å². The minimum Gasteiger partial charge on any atom is -0.385 e. The Bertz CT molecular complexity index is 208. The van der Waals surface area contributed by atoms with Gasteiger partial charge in [-0.3, -0.25) is 0 Å². The first-order valence-corrected chi connectivity index (χ1v) is 3.99. The van der Waals surface area contributed by atoms with Crippen molar-refractivity contribution < 1.29 is 14.3 Å². The first-order valence-electron chi connectivity index (χ1n) is 2.40. The molecule has 0 fully saturated rings. The number of hydrogen-bond acceptors (Lipinski definition) is 3. The molecule has 0 spiro atoms. The summed E-state index contributed by atoms with van der Waals surface area (Å²) in [6.45, 7) is 6.42. The van der Waals surface area contributed by atoms with E-state index >= 15 is 0 Å². The Labute approximate surface area is 80.4 Å². The van der Waals surface area contributed by atoms with Crippen LogP contribution in [0, 0.1) is 0 Å². The van der Waals surface area contributed by atoms with Crippen LogP contribution in [0.2, 0.25) is 0 Å². The van der Waals surface area contributed by atoms with Gasteiger partial charge >= 0.3 is 11.9 Å². The number of rotatable bonds is 2. The van der Waals surface area contributed by atoms with Gasteiger partial charge in [-0.2, -0.15) is 0 Å². The van der Waals surface area contributed by atoms with Crippen LogP contribution in [-0.2, 0) is 14.3 Å². The molecule has 0 aliphatic carbocycles. The largest absolute Gasteiger partial charge is 0.385 e. The van der Waals surface area contributed by atoms with E-state index in [9.17, 15) is 9.59 Å². The van der Waals surface area contributed by atoms with Crippen molar-refractivity contribution in [1.29, 1.82) is 0 Å². The molecule has 0 radical (unpaired) electrons. The van der Waals surface area contributed by atoms with E-state index in [0.29, 0.717) is 0 Å². The Hall–Kier alpha value is -0.420. The van der Waals surface area contributed by atoms with Crippen molar-refractivity contribution in [2.24, 2.45) is 0 Å². The zero-order valence-corrected chi connectivity index (χ0v) is 8.57. The number of carbonyl (C=O) groups excluding carboxylic acids is 2. The molecule has 3 nitrogen and oxygen atoms in total. The van der Waals surface area contributed by atoms with E-state index in [1.807, 2.05) is 0 Å². The van der Waals surface area contributed by atoms with Gasteiger partial charge in [0.15, 0.2) is 0 Å². The van der Waals surface area contributed by atoms with Crippen molar-refractivity contribution in [3.63, 3.8) is 0 Å².